The first-order valence-corrected chi connectivity index (χ1v) is 6.30. The lowest BCUT2D eigenvalue weighted by Gasteiger charge is -2.11. The van der Waals surface area contributed by atoms with Gasteiger partial charge in [-0.3, -0.25) is 4.68 Å². The standard InChI is InChI=1S/C13H14ClN3O3/c1-3-17-7-9(6-16-17)20-12-10(13(18)19-2)4-8(15)5-11(12)14/h4-7H,3,15H2,1-2H3. The molecule has 0 unspecified atom stereocenters. The van der Waals surface area contributed by atoms with Crippen LogP contribution in [0.15, 0.2) is 24.5 Å². The summed E-state index contributed by atoms with van der Waals surface area (Å²) in [5.74, 6) is 0.101. The molecule has 20 heavy (non-hydrogen) atoms. The zero-order valence-electron chi connectivity index (χ0n) is 11.1. The zero-order chi connectivity index (χ0) is 14.7. The van der Waals surface area contributed by atoms with Crippen molar-refractivity contribution in [2.45, 2.75) is 13.5 Å². The van der Waals surface area contributed by atoms with Crippen LogP contribution in [0.1, 0.15) is 17.3 Å². The molecule has 0 fully saturated rings. The molecular formula is C13H14ClN3O3. The minimum absolute atomic E-state index is 0.168. The van der Waals surface area contributed by atoms with E-state index in [-0.39, 0.29) is 16.3 Å². The van der Waals surface area contributed by atoms with E-state index in [1.165, 1.54) is 25.4 Å². The number of nitrogens with zero attached hydrogens (tertiary/aromatic N) is 2. The van der Waals surface area contributed by atoms with Crippen LogP contribution in [0.3, 0.4) is 0 Å². The van der Waals surface area contributed by atoms with E-state index in [1.807, 2.05) is 6.92 Å². The van der Waals surface area contributed by atoms with Gasteiger partial charge in [0.05, 0.1) is 24.5 Å². The first-order valence-electron chi connectivity index (χ1n) is 5.92. The Hall–Kier alpha value is -2.21. The van der Waals surface area contributed by atoms with E-state index in [0.29, 0.717) is 18.0 Å². The van der Waals surface area contributed by atoms with Crippen molar-refractivity contribution in [3.8, 4) is 11.5 Å². The molecule has 0 aliphatic carbocycles. The molecule has 106 valence electrons. The molecule has 2 N–H and O–H groups in total. The van der Waals surface area contributed by atoms with Crippen molar-refractivity contribution < 1.29 is 14.3 Å². The van der Waals surface area contributed by atoms with Crippen LogP contribution < -0.4 is 10.5 Å². The number of hydrogen-bond donors (Lipinski definition) is 1. The van der Waals surface area contributed by atoms with Gasteiger partial charge in [-0.15, -0.1) is 0 Å². The van der Waals surface area contributed by atoms with Gasteiger partial charge in [-0.25, -0.2) is 4.79 Å². The lowest BCUT2D eigenvalue weighted by Crippen LogP contribution is -2.05. The summed E-state index contributed by atoms with van der Waals surface area (Å²) >= 11 is 6.09. The quantitative estimate of drug-likeness (QED) is 0.693. The van der Waals surface area contributed by atoms with Crippen molar-refractivity contribution in [3.63, 3.8) is 0 Å². The molecule has 0 aliphatic heterocycles. The molecule has 0 aliphatic rings. The molecule has 1 heterocycles. The number of aromatic nitrogens is 2. The second kappa shape index (κ2) is 5.83. The molecule has 0 spiro atoms. The Morgan fingerprint density at radius 3 is 2.85 bits per heavy atom. The maximum absolute atomic E-state index is 11.8. The van der Waals surface area contributed by atoms with Crippen molar-refractivity contribution in [2.24, 2.45) is 0 Å². The van der Waals surface area contributed by atoms with E-state index in [0.717, 1.165) is 0 Å². The highest BCUT2D eigenvalue weighted by atomic mass is 35.5. The summed E-state index contributed by atoms with van der Waals surface area (Å²) in [6.07, 6.45) is 3.24. The van der Waals surface area contributed by atoms with Crippen LogP contribution in [0, 0.1) is 0 Å². The van der Waals surface area contributed by atoms with Crippen LogP contribution in [0.2, 0.25) is 5.02 Å². The Morgan fingerprint density at radius 2 is 2.25 bits per heavy atom. The molecule has 1 aromatic heterocycles. The molecule has 7 heteroatoms. The maximum Gasteiger partial charge on any atom is 0.341 e. The van der Waals surface area contributed by atoms with Crippen molar-refractivity contribution >= 4 is 23.3 Å². The molecule has 0 saturated carbocycles. The number of ether oxygens (including phenoxy) is 2. The molecule has 2 rings (SSSR count). The molecule has 6 nitrogen and oxygen atoms in total. The maximum atomic E-state index is 11.8. The normalized spacial score (nSPS) is 10.3. The SMILES string of the molecule is CCn1cc(Oc2c(Cl)cc(N)cc2C(=O)OC)cn1. The summed E-state index contributed by atoms with van der Waals surface area (Å²) in [5.41, 5.74) is 6.20. The summed E-state index contributed by atoms with van der Waals surface area (Å²) in [6.45, 7) is 2.66. The highest BCUT2D eigenvalue weighted by molar-refractivity contribution is 6.33. The molecule has 2 aromatic rings. The van der Waals surface area contributed by atoms with Gasteiger partial charge in [0.25, 0.3) is 0 Å². The molecule has 0 atom stereocenters. The predicted molar refractivity (Wildman–Crippen MR) is 75.2 cm³/mol. The summed E-state index contributed by atoms with van der Waals surface area (Å²) in [7, 11) is 1.28. The number of nitrogens with two attached hydrogens (primary N) is 1. The fraction of sp³-hybridized carbons (Fsp3) is 0.231. The molecule has 0 bridgehead atoms. The average Bonchev–Trinajstić information content (AvgIpc) is 2.88. The second-order valence-corrected chi connectivity index (χ2v) is 4.41. The van der Waals surface area contributed by atoms with Gasteiger partial charge in [0.15, 0.2) is 11.5 Å². The van der Waals surface area contributed by atoms with E-state index < -0.39 is 5.97 Å². The van der Waals surface area contributed by atoms with E-state index in [1.54, 1.807) is 10.9 Å². The number of hydrogen-bond acceptors (Lipinski definition) is 5. The third-order valence-electron chi connectivity index (χ3n) is 2.62. The van der Waals surface area contributed by atoms with Crippen LogP contribution in [0.4, 0.5) is 5.69 Å². The number of rotatable bonds is 4. The summed E-state index contributed by atoms with van der Waals surface area (Å²) < 4.78 is 12.0. The number of carbonyl (C=O) groups is 1. The fourth-order valence-electron chi connectivity index (χ4n) is 1.67. The van der Waals surface area contributed by atoms with Gasteiger partial charge < -0.3 is 15.2 Å². The number of methoxy groups -OCH3 is 1. The van der Waals surface area contributed by atoms with E-state index in [2.05, 4.69) is 5.10 Å². The Balaban J connectivity index is 2.41. The molecule has 0 radical (unpaired) electrons. The molecule has 0 saturated heterocycles. The minimum Gasteiger partial charge on any atom is -0.465 e. The van der Waals surface area contributed by atoms with Crippen LogP contribution in [0.5, 0.6) is 11.5 Å². The van der Waals surface area contributed by atoms with E-state index in [4.69, 9.17) is 26.8 Å². The van der Waals surface area contributed by atoms with Gasteiger partial charge >= 0.3 is 5.97 Å². The number of nitrogen functional groups attached to an aromatic ring is 1. The smallest absolute Gasteiger partial charge is 0.341 e. The zero-order valence-corrected chi connectivity index (χ0v) is 11.8. The minimum atomic E-state index is -0.572. The Labute approximate surface area is 121 Å². The Bertz CT molecular complexity index is 640. The number of benzene rings is 1. The largest absolute Gasteiger partial charge is 0.465 e. The Morgan fingerprint density at radius 1 is 1.50 bits per heavy atom. The fourth-order valence-corrected chi connectivity index (χ4v) is 1.93. The van der Waals surface area contributed by atoms with Gasteiger partial charge in [0, 0.05) is 12.2 Å². The molecule has 1 aromatic carbocycles. The van der Waals surface area contributed by atoms with Crippen LogP contribution in [-0.4, -0.2) is 22.9 Å². The van der Waals surface area contributed by atoms with Crippen molar-refractivity contribution in [1.29, 1.82) is 0 Å². The third-order valence-corrected chi connectivity index (χ3v) is 2.91. The number of anilines is 1. The van der Waals surface area contributed by atoms with Gasteiger partial charge in [-0.2, -0.15) is 5.10 Å². The highest BCUT2D eigenvalue weighted by Gasteiger charge is 2.19. The number of aryl methyl sites for hydroxylation is 1. The van der Waals surface area contributed by atoms with Gasteiger partial charge in [0.1, 0.15) is 5.56 Å². The molecular weight excluding hydrogens is 282 g/mol. The van der Waals surface area contributed by atoms with Crippen LogP contribution >= 0.6 is 11.6 Å². The third kappa shape index (κ3) is 2.85. The topological polar surface area (TPSA) is 79.4 Å². The van der Waals surface area contributed by atoms with E-state index in [9.17, 15) is 4.79 Å². The number of carbonyl (C=O) groups excluding carboxylic acids is 1. The highest BCUT2D eigenvalue weighted by Crippen LogP contribution is 2.35. The summed E-state index contributed by atoms with van der Waals surface area (Å²) in [4.78, 5) is 11.8. The second-order valence-electron chi connectivity index (χ2n) is 4.00. The Kier molecular flexibility index (Phi) is 4.14. The summed E-state index contributed by atoms with van der Waals surface area (Å²) in [6, 6.07) is 2.96. The van der Waals surface area contributed by atoms with Crippen LogP contribution in [0.25, 0.3) is 0 Å². The van der Waals surface area contributed by atoms with Crippen LogP contribution in [-0.2, 0) is 11.3 Å². The van der Waals surface area contributed by atoms with Gasteiger partial charge in [0.2, 0.25) is 0 Å². The van der Waals surface area contributed by atoms with Gasteiger partial charge in [-0.05, 0) is 19.1 Å². The summed E-state index contributed by atoms with van der Waals surface area (Å²) in [5, 5.41) is 4.31. The predicted octanol–water partition coefficient (Wildman–Crippen LogP) is 2.72. The average molecular weight is 296 g/mol. The van der Waals surface area contributed by atoms with Gasteiger partial charge in [-0.1, -0.05) is 11.6 Å². The lowest BCUT2D eigenvalue weighted by molar-refractivity contribution is 0.0598. The molecule has 0 amide bonds. The lowest BCUT2D eigenvalue weighted by atomic mass is 10.2. The van der Waals surface area contributed by atoms with Crippen molar-refractivity contribution in [2.75, 3.05) is 12.8 Å². The van der Waals surface area contributed by atoms with Crippen molar-refractivity contribution in [3.05, 3.63) is 35.1 Å². The number of halogens is 1. The number of esters is 1. The first-order chi connectivity index (χ1) is 9.55. The first kappa shape index (κ1) is 14.2. The van der Waals surface area contributed by atoms with E-state index >= 15 is 0 Å². The monoisotopic (exact) mass is 295 g/mol. The van der Waals surface area contributed by atoms with Crippen molar-refractivity contribution in [1.82, 2.24) is 9.78 Å².